The van der Waals surface area contributed by atoms with Crippen LogP contribution < -0.4 is 16.2 Å². The van der Waals surface area contributed by atoms with Gasteiger partial charge < -0.3 is 15.4 Å². The minimum atomic E-state index is -0.172. The number of nitrogens with zero attached hydrogens (tertiary/aromatic N) is 6. The van der Waals surface area contributed by atoms with Crippen LogP contribution in [0, 0.1) is 17.3 Å². The highest BCUT2D eigenvalue weighted by molar-refractivity contribution is 5.81. The molecule has 0 aliphatic carbocycles. The number of aromatic nitrogens is 6. The molecule has 3 N–H and O–H groups in total. The lowest BCUT2D eigenvalue weighted by Crippen LogP contribution is -2.51. The Balaban J connectivity index is 1.44. The number of aryl methyl sites for hydroxylation is 1. The SMILES string of the molecule is C[C@@H]1OCC2(CCN(c3nc4[nH]nc(C#Cc5ccn(C)n5)c4c(=O)n3C)CC2)[C@@H]1N. The first-order valence-electron chi connectivity index (χ1n) is 10.5. The molecule has 5 heterocycles. The van der Waals surface area contributed by atoms with Gasteiger partial charge in [-0.2, -0.15) is 15.2 Å². The predicted octanol–water partition coefficient (Wildman–Crippen LogP) is 0.123. The van der Waals surface area contributed by atoms with Crippen molar-refractivity contribution in [2.45, 2.75) is 31.9 Å². The van der Waals surface area contributed by atoms with E-state index in [0.29, 0.717) is 35.0 Å². The van der Waals surface area contributed by atoms with E-state index in [1.165, 1.54) is 0 Å². The molecule has 3 aromatic heterocycles. The highest BCUT2D eigenvalue weighted by Crippen LogP contribution is 2.41. The molecule has 0 saturated carbocycles. The van der Waals surface area contributed by atoms with E-state index in [0.717, 1.165) is 25.9 Å². The van der Waals surface area contributed by atoms with Crippen LogP contribution in [0.25, 0.3) is 11.0 Å². The average Bonchev–Trinajstić information content (AvgIpc) is 3.45. The molecule has 0 amide bonds. The molecule has 2 fully saturated rings. The molecule has 2 saturated heterocycles. The molecule has 162 valence electrons. The number of nitrogens with one attached hydrogen (secondary N) is 1. The summed E-state index contributed by atoms with van der Waals surface area (Å²) in [7, 11) is 3.57. The Morgan fingerprint density at radius 2 is 2.06 bits per heavy atom. The lowest BCUT2D eigenvalue weighted by molar-refractivity contribution is 0.0973. The van der Waals surface area contributed by atoms with E-state index in [1.54, 1.807) is 16.3 Å². The van der Waals surface area contributed by atoms with Crippen LogP contribution in [0.3, 0.4) is 0 Å². The maximum absolute atomic E-state index is 13.1. The highest BCUT2D eigenvalue weighted by Gasteiger charge is 2.47. The van der Waals surface area contributed by atoms with Crippen LogP contribution in [0.2, 0.25) is 0 Å². The fourth-order valence-corrected chi connectivity index (χ4v) is 4.65. The second-order valence-electron chi connectivity index (χ2n) is 8.59. The first kappa shape index (κ1) is 19.8. The Hall–Kier alpha value is -3.16. The van der Waals surface area contributed by atoms with Gasteiger partial charge in [-0.15, -0.1) is 0 Å². The van der Waals surface area contributed by atoms with Crippen LogP contribution in [0.5, 0.6) is 0 Å². The Labute approximate surface area is 179 Å². The summed E-state index contributed by atoms with van der Waals surface area (Å²) in [4.78, 5) is 20.0. The summed E-state index contributed by atoms with van der Waals surface area (Å²) in [6.45, 7) is 4.29. The Morgan fingerprint density at radius 1 is 1.29 bits per heavy atom. The van der Waals surface area contributed by atoms with E-state index < -0.39 is 0 Å². The molecule has 1 spiro atoms. The molecule has 10 heteroatoms. The van der Waals surface area contributed by atoms with Crippen LogP contribution in [-0.2, 0) is 18.8 Å². The van der Waals surface area contributed by atoms with Gasteiger partial charge in [0.1, 0.15) is 11.1 Å². The predicted molar refractivity (Wildman–Crippen MR) is 116 cm³/mol. The van der Waals surface area contributed by atoms with Crippen molar-refractivity contribution in [1.82, 2.24) is 29.5 Å². The number of rotatable bonds is 1. The first-order valence-corrected chi connectivity index (χ1v) is 10.5. The summed E-state index contributed by atoms with van der Waals surface area (Å²) in [6.07, 6.45) is 3.72. The summed E-state index contributed by atoms with van der Waals surface area (Å²) in [5.41, 5.74) is 7.71. The molecule has 31 heavy (non-hydrogen) atoms. The van der Waals surface area contributed by atoms with Gasteiger partial charge >= 0.3 is 0 Å². The van der Waals surface area contributed by atoms with Crippen molar-refractivity contribution in [3.63, 3.8) is 0 Å². The van der Waals surface area contributed by atoms with Crippen LogP contribution in [-0.4, -0.2) is 61.4 Å². The van der Waals surface area contributed by atoms with Gasteiger partial charge in [-0.25, -0.2) is 0 Å². The van der Waals surface area contributed by atoms with Crippen LogP contribution in [0.1, 0.15) is 31.2 Å². The van der Waals surface area contributed by atoms with Crippen LogP contribution in [0.15, 0.2) is 17.1 Å². The number of ether oxygens (including phenoxy) is 1. The zero-order valence-corrected chi connectivity index (χ0v) is 17.9. The molecule has 2 aliphatic heterocycles. The monoisotopic (exact) mass is 422 g/mol. The molecular weight excluding hydrogens is 396 g/mol. The van der Waals surface area contributed by atoms with E-state index in [1.807, 2.05) is 26.2 Å². The van der Waals surface area contributed by atoms with Crippen molar-refractivity contribution < 1.29 is 4.74 Å². The quantitative estimate of drug-likeness (QED) is 0.535. The van der Waals surface area contributed by atoms with E-state index in [2.05, 4.69) is 32.0 Å². The maximum Gasteiger partial charge on any atom is 0.267 e. The zero-order chi connectivity index (χ0) is 21.8. The fourth-order valence-electron chi connectivity index (χ4n) is 4.65. The van der Waals surface area contributed by atoms with Crippen molar-refractivity contribution >= 4 is 17.0 Å². The second-order valence-corrected chi connectivity index (χ2v) is 8.59. The first-order chi connectivity index (χ1) is 14.9. The summed E-state index contributed by atoms with van der Waals surface area (Å²) < 4.78 is 9.07. The summed E-state index contributed by atoms with van der Waals surface area (Å²) in [6, 6.07) is 1.85. The van der Waals surface area contributed by atoms with Gasteiger partial charge in [-0.3, -0.25) is 19.1 Å². The van der Waals surface area contributed by atoms with Gasteiger partial charge in [0, 0.05) is 44.8 Å². The molecule has 10 nitrogen and oxygen atoms in total. The smallest absolute Gasteiger partial charge is 0.267 e. The number of anilines is 1. The van der Waals surface area contributed by atoms with Crippen molar-refractivity contribution in [3.8, 4) is 11.8 Å². The van der Waals surface area contributed by atoms with Crippen molar-refractivity contribution in [2.24, 2.45) is 25.2 Å². The van der Waals surface area contributed by atoms with Gasteiger partial charge in [0.2, 0.25) is 5.95 Å². The van der Waals surface area contributed by atoms with Gasteiger partial charge in [-0.05, 0) is 37.7 Å². The number of piperidine rings is 1. The van der Waals surface area contributed by atoms with E-state index in [-0.39, 0.29) is 23.1 Å². The molecule has 0 unspecified atom stereocenters. The molecule has 0 radical (unpaired) electrons. The van der Waals surface area contributed by atoms with Gasteiger partial charge in [0.05, 0.1) is 12.7 Å². The number of fused-ring (bicyclic) bond motifs is 1. The third-order valence-corrected chi connectivity index (χ3v) is 6.69. The number of hydrogen-bond acceptors (Lipinski definition) is 7. The topological polar surface area (TPSA) is 120 Å². The van der Waals surface area contributed by atoms with Crippen molar-refractivity contribution in [2.75, 3.05) is 24.6 Å². The zero-order valence-electron chi connectivity index (χ0n) is 17.9. The van der Waals surface area contributed by atoms with Gasteiger partial charge in [0.25, 0.3) is 5.56 Å². The van der Waals surface area contributed by atoms with Crippen LogP contribution >= 0.6 is 0 Å². The van der Waals surface area contributed by atoms with Crippen molar-refractivity contribution in [3.05, 3.63) is 34.0 Å². The lowest BCUT2D eigenvalue weighted by atomic mass is 9.73. The number of hydrogen-bond donors (Lipinski definition) is 2. The van der Waals surface area contributed by atoms with Crippen LogP contribution in [0.4, 0.5) is 5.95 Å². The standard InChI is InChI=1S/C21H26N8O2/c1-13-17(22)21(12-31-13)7-10-29(11-8-21)20-23-18-16(19(30)28(20)3)15(24-25-18)5-4-14-6-9-27(2)26-14/h6,9,13,17H,7-8,10-12,22H2,1-3H3,(H,24,25)/t13-,17+/m0/s1. The lowest BCUT2D eigenvalue weighted by Gasteiger charge is -2.41. The third kappa shape index (κ3) is 3.21. The van der Waals surface area contributed by atoms with E-state index in [9.17, 15) is 4.79 Å². The second kappa shape index (κ2) is 7.21. The van der Waals surface area contributed by atoms with Gasteiger partial charge in [0.15, 0.2) is 11.3 Å². The normalized spacial score (nSPS) is 22.8. The Kier molecular flexibility index (Phi) is 4.60. The van der Waals surface area contributed by atoms with Gasteiger partial charge in [-0.1, -0.05) is 0 Å². The molecule has 5 rings (SSSR count). The van der Waals surface area contributed by atoms with E-state index in [4.69, 9.17) is 15.5 Å². The minimum Gasteiger partial charge on any atom is -0.376 e. The Morgan fingerprint density at radius 3 is 2.71 bits per heavy atom. The molecule has 2 aliphatic rings. The molecule has 0 aromatic carbocycles. The maximum atomic E-state index is 13.1. The summed E-state index contributed by atoms with van der Waals surface area (Å²) in [5, 5.41) is 11.7. The highest BCUT2D eigenvalue weighted by atomic mass is 16.5. The van der Waals surface area contributed by atoms with E-state index >= 15 is 0 Å². The largest absolute Gasteiger partial charge is 0.376 e. The molecule has 0 bridgehead atoms. The summed E-state index contributed by atoms with van der Waals surface area (Å²) in [5.74, 6) is 6.51. The Bertz CT molecular complexity index is 1250. The number of aromatic amines is 1. The molecular formula is C21H26N8O2. The fraction of sp³-hybridized carbons (Fsp3) is 0.524. The average molecular weight is 422 g/mol. The summed E-state index contributed by atoms with van der Waals surface area (Å²) >= 11 is 0. The number of H-pyrrole nitrogens is 1. The molecule has 2 atom stereocenters. The number of nitrogens with two attached hydrogens (primary N) is 1. The third-order valence-electron chi connectivity index (χ3n) is 6.69. The minimum absolute atomic E-state index is 0.0150. The van der Waals surface area contributed by atoms with Crippen molar-refractivity contribution in [1.29, 1.82) is 0 Å². The molecule has 3 aromatic rings.